The topological polar surface area (TPSA) is 63.0 Å². The number of rotatable bonds is 3. The van der Waals surface area contributed by atoms with E-state index in [1.54, 1.807) is 4.31 Å². The molecule has 0 saturated carbocycles. The van der Waals surface area contributed by atoms with Crippen LogP contribution in [0.1, 0.15) is 30.4 Å². The zero-order valence-corrected chi connectivity index (χ0v) is 12.4. The Bertz CT molecular complexity index is 563. The summed E-state index contributed by atoms with van der Waals surface area (Å²) in [6, 6.07) is 3.59. The number of furan rings is 1. The summed E-state index contributed by atoms with van der Waals surface area (Å²) in [7, 11) is -3.42. The number of ether oxygens (including phenoxy) is 1. The van der Waals surface area contributed by atoms with Crippen molar-refractivity contribution in [1.82, 2.24) is 8.61 Å². The van der Waals surface area contributed by atoms with Gasteiger partial charge >= 0.3 is 0 Å². The Labute approximate surface area is 119 Å². The summed E-state index contributed by atoms with van der Waals surface area (Å²) in [6.07, 6.45) is 1.69. The average Bonchev–Trinajstić information content (AvgIpc) is 3.08. The van der Waals surface area contributed by atoms with Gasteiger partial charge in [-0.05, 0) is 31.9 Å². The Balaban J connectivity index is 1.84. The summed E-state index contributed by atoms with van der Waals surface area (Å²) >= 11 is 0. The van der Waals surface area contributed by atoms with Crippen LogP contribution in [0.25, 0.3) is 0 Å². The first-order chi connectivity index (χ1) is 9.59. The van der Waals surface area contributed by atoms with Crippen molar-refractivity contribution >= 4 is 10.2 Å². The predicted octanol–water partition coefficient (Wildman–Crippen LogP) is 1.30. The molecule has 112 valence electrons. The molecular weight excluding hydrogens is 280 g/mol. The fourth-order valence-electron chi connectivity index (χ4n) is 2.86. The van der Waals surface area contributed by atoms with E-state index in [0.717, 1.165) is 24.4 Å². The normalized spacial score (nSPS) is 26.1. The molecule has 0 aromatic carbocycles. The van der Waals surface area contributed by atoms with Crippen molar-refractivity contribution in [1.29, 1.82) is 0 Å². The molecule has 20 heavy (non-hydrogen) atoms. The van der Waals surface area contributed by atoms with Gasteiger partial charge in [-0.2, -0.15) is 17.0 Å². The minimum Gasteiger partial charge on any atom is -0.465 e. The highest BCUT2D eigenvalue weighted by molar-refractivity contribution is 7.86. The second-order valence-corrected chi connectivity index (χ2v) is 7.12. The van der Waals surface area contributed by atoms with E-state index in [-0.39, 0.29) is 6.04 Å². The molecule has 1 aromatic rings. The summed E-state index contributed by atoms with van der Waals surface area (Å²) in [5, 5.41) is 0. The van der Waals surface area contributed by atoms with Gasteiger partial charge in [-0.1, -0.05) is 0 Å². The molecule has 0 spiro atoms. The minimum atomic E-state index is -3.42. The first kappa shape index (κ1) is 14.1. The van der Waals surface area contributed by atoms with Crippen LogP contribution in [-0.4, -0.2) is 49.9 Å². The molecule has 0 unspecified atom stereocenters. The van der Waals surface area contributed by atoms with E-state index in [4.69, 9.17) is 9.15 Å². The first-order valence-electron chi connectivity index (χ1n) is 7.00. The van der Waals surface area contributed by atoms with Gasteiger partial charge in [0.1, 0.15) is 11.5 Å². The second-order valence-electron chi connectivity index (χ2n) is 5.24. The van der Waals surface area contributed by atoms with Crippen molar-refractivity contribution in [2.45, 2.75) is 25.8 Å². The molecule has 0 aliphatic carbocycles. The fourth-order valence-corrected chi connectivity index (χ4v) is 4.66. The maximum absolute atomic E-state index is 12.7. The molecule has 1 atom stereocenters. The van der Waals surface area contributed by atoms with Gasteiger partial charge in [0, 0.05) is 19.6 Å². The molecule has 6 nitrogen and oxygen atoms in total. The molecule has 3 rings (SSSR count). The largest absolute Gasteiger partial charge is 0.465 e. The molecule has 2 aliphatic heterocycles. The summed E-state index contributed by atoms with van der Waals surface area (Å²) in [5.41, 5.74) is 0. The second kappa shape index (κ2) is 5.48. The van der Waals surface area contributed by atoms with Crippen LogP contribution in [0, 0.1) is 6.92 Å². The quantitative estimate of drug-likeness (QED) is 0.844. The predicted molar refractivity (Wildman–Crippen MR) is 73.4 cm³/mol. The lowest BCUT2D eigenvalue weighted by Gasteiger charge is -2.32. The lowest BCUT2D eigenvalue weighted by Crippen LogP contribution is -2.48. The molecule has 0 N–H and O–H groups in total. The van der Waals surface area contributed by atoms with Crippen LogP contribution in [0.15, 0.2) is 16.5 Å². The van der Waals surface area contributed by atoms with Crippen molar-refractivity contribution in [3.05, 3.63) is 23.7 Å². The first-order valence-corrected chi connectivity index (χ1v) is 8.40. The Hall–Kier alpha value is -0.890. The van der Waals surface area contributed by atoms with Crippen molar-refractivity contribution in [3.63, 3.8) is 0 Å². The van der Waals surface area contributed by atoms with E-state index in [9.17, 15) is 8.42 Å². The SMILES string of the molecule is Cc1ccc([C@@H]2CCCN2S(=O)(=O)N2CCOCC2)o1. The molecule has 2 aliphatic rings. The van der Waals surface area contributed by atoms with Crippen LogP contribution in [0.3, 0.4) is 0 Å². The van der Waals surface area contributed by atoms with E-state index < -0.39 is 10.2 Å². The Morgan fingerprint density at radius 3 is 2.60 bits per heavy atom. The van der Waals surface area contributed by atoms with Gasteiger partial charge in [-0.3, -0.25) is 0 Å². The Kier molecular flexibility index (Phi) is 3.85. The Morgan fingerprint density at radius 2 is 1.95 bits per heavy atom. The minimum absolute atomic E-state index is 0.170. The van der Waals surface area contributed by atoms with E-state index in [0.29, 0.717) is 32.8 Å². The van der Waals surface area contributed by atoms with Gasteiger partial charge in [0.25, 0.3) is 10.2 Å². The van der Waals surface area contributed by atoms with Crippen molar-refractivity contribution in [2.24, 2.45) is 0 Å². The molecule has 0 amide bonds. The molecule has 7 heteroatoms. The van der Waals surface area contributed by atoms with Gasteiger partial charge in [0.15, 0.2) is 0 Å². The van der Waals surface area contributed by atoms with Gasteiger partial charge in [0.05, 0.1) is 19.3 Å². The summed E-state index contributed by atoms with van der Waals surface area (Å²) in [4.78, 5) is 0. The van der Waals surface area contributed by atoms with Crippen molar-refractivity contribution in [3.8, 4) is 0 Å². The third-order valence-electron chi connectivity index (χ3n) is 3.89. The fraction of sp³-hybridized carbons (Fsp3) is 0.692. The summed E-state index contributed by atoms with van der Waals surface area (Å²) in [5.74, 6) is 1.56. The average molecular weight is 300 g/mol. The smallest absolute Gasteiger partial charge is 0.282 e. The molecule has 3 heterocycles. The van der Waals surface area contributed by atoms with Gasteiger partial charge < -0.3 is 9.15 Å². The van der Waals surface area contributed by atoms with Crippen LogP contribution in [0.5, 0.6) is 0 Å². The van der Waals surface area contributed by atoms with Gasteiger partial charge in [0.2, 0.25) is 0 Å². The van der Waals surface area contributed by atoms with Crippen LogP contribution in [0.4, 0.5) is 0 Å². The highest BCUT2D eigenvalue weighted by atomic mass is 32.2. The highest BCUT2D eigenvalue weighted by Crippen LogP contribution is 2.36. The molecule has 1 aromatic heterocycles. The van der Waals surface area contributed by atoms with E-state index in [1.807, 2.05) is 19.1 Å². The zero-order valence-electron chi connectivity index (χ0n) is 11.6. The lowest BCUT2D eigenvalue weighted by molar-refractivity contribution is 0.0697. The van der Waals surface area contributed by atoms with Crippen LogP contribution < -0.4 is 0 Å². The molecular formula is C13H20N2O4S. The van der Waals surface area contributed by atoms with E-state index >= 15 is 0 Å². The van der Waals surface area contributed by atoms with Crippen LogP contribution in [-0.2, 0) is 14.9 Å². The molecule has 0 bridgehead atoms. The number of hydrogen-bond acceptors (Lipinski definition) is 4. The third kappa shape index (κ3) is 2.50. The van der Waals surface area contributed by atoms with E-state index in [1.165, 1.54) is 4.31 Å². The lowest BCUT2D eigenvalue weighted by atomic mass is 10.2. The maximum atomic E-state index is 12.7. The monoisotopic (exact) mass is 300 g/mol. The van der Waals surface area contributed by atoms with Gasteiger partial charge in [-0.15, -0.1) is 0 Å². The van der Waals surface area contributed by atoms with Crippen LogP contribution in [0.2, 0.25) is 0 Å². The van der Waals surface area contributed by atoms with Crippen molar-refractivity contribution in [2.75, 3.05) is 32.8 Å². The number of hydrogen-bond donors (Lipinski definition) is 0. The highest BCUT2D eigenvalue weighted by Gasteiger charge is 2.40. The Morgan fingerprint density at radius 1 is 1.20 bits per heavy atom. The standard InChI is InChI=1S/C13H20N2O4S/c1-11-4-5-13(19-11)12-3-2-6-15(12)20(16,17)14-7-9-18-10-8-14/h4-5,12H,2-3,6-10H2,1H3/t12-/m0/s1. The zero-order chi connectivity index (χ0) is 14.2. The maximum Gasteiger partial charge on any atom is 0.282 e. The number of nitrogens with zero attached hydrogens (tertiary/aromatic N) is 2. The number of morpholine rings is 1. The summed E-state index contributed by atoms with van der Waals surface area (Å²) < 4.78 is 39.4. The van der Waals surface area contributed by atoms with Gasteiger partial charge in [-0.25, -0.2) is 0 Å². The number of aryl methyl sites for hydroxylation is 1. The molecule has 0 radical (unpaired) electrons. The van der Waals surface area contributed by atoms with E-state index in [2.05, 4.69) is 0 Å². The molecule has 2 saturated heterocycles. The van der Waals surface area contributed by atoms with Crippen molar-refractivity contribution < 1.29 is 17.6 Å². The molecule has 2 fully saturated rings. The summed E-state index contributed by atoms with van der Waals surface area (Å²) in [6.45, 7) is 4.24. The van der Waals surface area contributed by atoms with Crippen LogP contribution >= 0.6 is 0 Å². The third-order valence-corrected chi connectivity index (χ3v) is 5.93.